The topological polar surface area (TPSA) is 43.8 Å². The van der Waals surface area contributed by atoms with E-state index in [9.17, 15) is 9.90 Å². The molecule has 26 heavy (non-hydrogen) atoms. The van der Waals surface area contributed by atoms with Crippen molar-refractivity contribution in [3.63, 3.8) is 0 Å². The molecule has 2 rings (SSSR count). The Morgan fingerprint density at radius 3 is 2.12 bits per heavy atom. The minimum absolute atomic E-state index is 0.127. The van der Waals surface area contributed by atoms with Crippen LogP contribution in [0.1, 0.15) is 23.7 Å². The first-order valence-electron chi connectivity index (χ1n) is 8.64. The van der Waals surface area contributed by atoms with Gasteiger partial charge in [0, 0.05) is 19.1 Å². The van der Waals surface area contributed by atoms with Crippen molar-refractivity contribution in [1.29, 1.82) is 0 Å². The summed E-state index contributed by atoms with van der Waals surface area (Å²) in [6, 6.07) is 16.6. The zero-order valence-electron chi connectivity index (χ0n) is 15.8. The number of aliphatic hydroxyl groups is 1. The van der Waals surface area contributed by atoms with Gasteiger partial charge in [0.15, 0.2) is 0 Å². The van der Waals surface area contributed by atoms with Crippen molar-refractivity contribution in [2.45, 2.75) is 17.9 Å². The molecular weight excluding hydrogens is 348 g/mol. The lowest BCUT2D eigenvalue weighted by atomic mass is 9.69. The molecule has 0 saturated heterocycles. The molecule has 0 aromatic heterocycles. The molecule has 0 spiro atoms. The van der Waals surface area contributed by atoms with E-state index in [1.807, 2.05) is 61.5 Å². The zero-order chi connectivity index (χ0) is 19.3. The third-order valence-corrected chi connectivity index (χ3v) is 4.93. The van der Waals surface area contributed by atoms with E-state index < -0.39 is 11.5 Å². The summed E-state index contributed by atoms with van der Waals surface area (Å²) in [6.07, 6.45) is -0.492. The normalized spacial score (nSPS) is 14.7. The average Bonchev–Trinajstić information content (AvgIpc) is 2.63. The molecule has 0 aliphatic rings. The highest BCUT2D eigenvalue weighted by atomic mass is 35.5. The van der Waals surface area contributed by atoms with Gasteiger partial charge >= 0.3 is 0 Å². The standard InChI is InChI=1S/C21H27ClN2O2/c1-23(2)15-14-21(20(26)24(3)4,17-10-12-18(22)13-11-17)19(25)16-8-6-5-7-9-16/h5-13,19,25H,14-15H2,1-4H3. The monoisotopic (exact) mass is 374 g/mol. The quantitative estimate of drug-likeness (QED) is 0.808. The smallest absolute Gasteiger partial charge is 0.235 e. The van der Waals surface area contributed by atoms with Gasteiger partial charge in [0.2, 0.25) is 5.91 Å². The summed E-state index contributed by atoms with van der Waals surface area (Å²) in [5.41, 5.74) is 0.384. The first-order valence-corrected chi connectivity index (χ1v) is 9.02. The molecule has 2 atom stereocenters. The van der Waals surface area contributed by atoms with E-state index in [0.717, 1.165) is 11.1 Å². The van der Waals surface area contributed by atoms with Gasteiger partial charge in [-0.25, -0.2) is 0 Å². The highest BCUT2D eigenvalue weighted by molar-refractivity contribution is 6.30. The molecule has 2 unspecified atom stereocenters. The van der Waals surface area contributed by atoms with Crippen molar-refractivity contribution in [1.82, 2.24) is 9.80 Å². The zero-order valence-corrected chi connectivity index (χ0v) is 16.6. The number of hydrogen-bond acceptors (Lipinski definition) is 3. The summed E-state index contributed by atoms with van der Waals surface area (Å²) in [6.45, 7) is 0.659. The summed E-state index contributed by atoms with van der Waals surface area (Å²) in [7, 11) is 7.37. The highest BCUT2D eigenvalue weighted by Gasteiger charge is 2.48. The van der Waals surface area contributed by atoms with Crippen molar-refractivity contribution in [3.05, 3.63) is 70.7 Å². The van der Waals surface area contributed by atoms with Crippen molar-refractivity contribution >= 4 is 17.5 Å². The number of likely N-dealkylation sites (N-methyl/N-ethyl adjacent to an activating group) is 1. The van der Waals surface area contributed by atoms with E-state index in [1.165, 1.54) is 0 Å². The van der Waals surface area contributed by atoms with Crippen LogP contribution in [0.3, 0.4) is 0 Å². The number of nitrogens with zero attached hydrogens (tertiary/aromatic N) is 2. The molecular formula is C21H27ClN2O2. The molecule has 5 heteroatoms. The molecule has 0 aliphatic heterocycles. The van der Waals surface area contributed by atoms with E-state index in [2.05, 4.69) is 0 Å². The number of hydrogen-bond donors (Lipinski definition) is 1. The van der Waals surface area contributed by atoms with Gasteiger partial charge in [-0.15, -0.1) is 0 Å². The maximum absolute atomic E-state index is 13.4. The van der Waals surface area contributed by atoms with Crippen molar-refractivity contribution in [3.8, 4) is 0 Å². The SMILES string of the molecule is CN(C)CCC(C(=O)N(C)C)(c1ccc(Cl)cc1)C(O)c1ccccc1. The lowest BCUT2D eigenvalue weighted by molar-refractivity contribution is -0.140. The van der Waals surface area contributed by atoms with Gasteiger partial charge in [-0.1, -0.05) is 54.1 Å². The van der Waals surface area contributed by atoms with E-state index in [4.69, 9.17) is 11.6 Å². The molecule has 0 saturated carbocycles. The van der Waals surface area contributed by atoms with Crippen molar-refractivity contribution in [2.75, 3.05) is 34.7 Å². The summed E-state index contributed by atoms with van der Waals surface area (Å²) in [5, 5.41) is 12.0. The predicted octanol–water partition coefficient (Wildman–Crippen LogP) is 3.35. The molecule has 1 N–H and O–H groups in total. The molecule has 2 aromatic carbocycles. The third-order valence-electron chi connectivity index (χ3n) is 4.68. The summed E-state index contributed by atoms with van der Waals surface area (Å²) < 4.78 is 0. The number of amides is 1. The van der Waals surface area contributed by atoms with Crippen LogP contribution in [0.25, 0.3) is 0 Å². The Morgan fingerprint density at radius 2 is 1.62 bits per heavy atom. The van der Waals surface area contributed by atoms with Gasteiger partial charge in [0.1, 0.15) is 5.41 Å². The van der Waals surface area contributed by atoms with Crippen LogP contribution in [0.5, 0.6) is 0 Å². The van der Waals surface area contributed by atoms with Crippen LogP contribution >= 0.6 is 11.6 Å². The van der Waals surface area contributed by atoms with E-state index in [-0.39, 0.29) is 5.91 Å². The summed E-state index contributed by atoms with van der Waals surface area (Å²) >= 11 is 6.06. The fourth-order valence-electron chi connectivity index (χ4n) is 3.25. The van der Waals surface area contributed by atoms with Crippen molar-refractivity contribution < 1.29 is 9.90 Å². The fourth-order valence-corrected chi connectivity index (χ4v) is 3.38. The predicted molar refractivity (Wildman–Crippen MR) is 106 cm³/mol. The second-order valence-electron chi connectivity index (χ2n) is 7.04. The largest absolute Gasteiger partial charge is 0.387 e. The molecule has 140 valence electrons. The lowest BCUT2D eigenvalue weighted by Crippen LogP contribution is -2.49. The molecule has 2 aromatic rings. The van der Waals surface area contributed by atoms with Crippen LogP contribution < -0.4 is 0 Å². The van der Waals surface area contributed by atoms with Crippen LogP contribution in [-0.4, -0.2) is 55.5 Å². The highest BCUT2D eigenvalue weighted by Crippen LogP contribution is 2.42. The number of benzene rings is 2. The summed E-state index contributed by atoms with van der Waals surface area (Å²) in [5.74, 6) is -0.127. The molecule has 0 aliphatic carbocycles. The van der Waals surface area contributed by atoms with E-state index in [0.29, 0.717) is 18.0 Å². The lowest BCUT2D eigenvalue weighted by Gasteiger charge is -2.40. The Bertz CT molecular complexity index is 717. The van der Waals surface area contributed by atoms with Gasteiger partial charge in [-0.3, -0.25) is 4.79 Å². The number of aliphatic hydroxyl groups excluding tert-OH is 1. The van der Waals surface area contributed by atoms with Crippen molar-refractivity contribution in [2.24, 2.45) is 0 Å². The molecule has 0 fully saturated rings. The number of carbonyl (C=O) groups excluding carboxylic acids is 1. The Balaban J connectivity index is 2.65. The van der Waals surface area contributed by atoms with Crippen LogP contribution in [0.15, 0.2) is 54.6 Å². The van der Waals surface area contributed by atoms with E-state index in [1.54, 1.807) is 31.1 Å². The van der Waals surface area contributed by atoms with Crippen LogP contribution in [-0.2, 0) is 10.2 Å². The van der Waals surface area contributed by atoms with Gasteiger partial charge in [0.05, 0.1) is 6.10 Å². The van der Waals surface area contributed by atoms with E-state index >= 15 is 0 Å². The minimum Gasteiger partial charge on any atom is -0.387 e. The second-order valence-corrected chi connectivity index (χ2v) is 7.48. The number of halogens is 1. The molecule has 0 heterocycles. The number of rotatable bonds is 7. The van der Waals surface area contributed by atoms with Crippen LogP contribution in [0.4, 0.5) is 0 Å². The Hall–Kier alpha value is -1.88. The molecule has 0 bridgehead atoms. The Labute approximate surface area is 161 Å². The fraction of sp³-hybridized carbons (Fsp3) is 0.381. The molecule has 0 radical (unpaired) electrons. The molecule has 4 nitrogen and oxygen atoms in total. The second kappa shape index (κ2) is 8.67. The summed E-state index contributed by atoms with van der Waals surface area (Å²) in [4.78, 5) is 17.0. The number of carbonyl (C=O) groups is 1. The maximum atomic E-state index is 13.4. The average molecular weight is 375 g/mol. The first-order chi connectivity index (χ1) is 12.3. The Morgan fingerprint density at radius 1 is 1.04 bits per heavy atom. The Kier molecular flexibility index (Phi) is 6.81. The van der Waals surface area contributed by atoms with Gasteiger partial charge < -0.3 is 14.9 Å². The maximum Gasteiger partial charge on any atom is 0.235 e. The van der Waals surface area contributed by atoms with Gasteiger partial charge in [0.25, 0.3) is 0 Å². The van der Waals surface area contributed by atoms with Crippen LogP contribution in [0, 0.1) is 0 Å². The third kappa shape index (κ3) is 4.26. The minimum atomic E-state index is -1.10. The first kappa shape index (κ1) is 20.4. The van der Waals surface area contributed by atoms with Crippen LogP contribution in [0.2, 0.25) is 5.02 Å². The van der Waals surface area contributed by atoms with Gasteiger partial charge in [-0.05, 0) is 50.3 Å². The molecule has 1 amide bonds. The van der Waals surface area contributed by atoms with Gasteiger partial charge in [-0.2, -0.15) is 0 Å².